The summed E-state index contributed by atoms with van der Waals surface area (Å²) in [6.07, 6.45) is 6.51. The van der Waals surface area contributed by atoms with E-state index in [0.717, 1.165) is 6.07 Å². The third-order valence-electron chi connectivity index (χ3n) is 5.79. The molecule has 0 aromatic heterocycles. The monoisotopic (exact) mass is 481 g/mol. The Morgan fingerprint density at radius 1 is 1.15 bits per heavy atom. The maximum Gasteiger partial charge on any atom is 0.296 e. The summed E-state index contributed by atoms with van der Waals surface area (Å²) in [5.41, 5.74) is 6.02. The highest BCUT2D eigenvalue weighted by Gasteiger charge is 2.36. The van der Waals surface area contributed by atoms with Crippen LogP contribution in [0.15, 0.2) is 59.2 Å². The molecule has 9 nitrogen and oxygen atoms in total. The maximum atomic E-state index is 13.4. The molecule has 0 saturated carbocycles. The Labute approximate surface area is 196 Å². The summed E-state index contributed by atoms with van der Waals surface area (Å²) in [6, 6.07) is 7.25. The zero-order chi connectivity index (χ0) is 24.6. The lowest BCUT2D eigenvalue weighted by molar-refractivity contribution is -0.120. The van der Waals surface area contributed by atoms with E-state index in [4.69, 9.17) is 5.73 Å². The smallest absolute Gasteiger partial charge is 0.296 e. The number of hydrogen-bond acceptors (Lipinski definition) is 7. The van der Waals surface area contributed by atoms with Gasteiger partial charge in [-0.3, -0.25) is 18.9 Å². The standard InChI is InChI=1S/C24H23N3O6S/c1-2-19(28)26-12-13-6-5-7-14(10-13)27-17-11-18(34(31,32)33)22(25)21-20(17)23(29)15-8-3-4-9-16(15)24(21)30/h3-5,7-11,13,27H,2,6,12,25H2,1H3,(H,26,28)(H,31,32,33). The van der Waals surface area contributed by atoms with Gasteiger partial charge in [-0.1, -0.05) is 43.3 Å². The molecule has 5 N–H and O–H groups in total. The summed E-state index contributed by atoms with van der Waals surface area (Å²) < 4.78 is 33.8. The van der Waals surface area contributed by atoms with Gasteiger partial charge in [0.1, 0.15) is 4.90 Å². The molecule has 0 radical (unpaired) electrons. The lowest BCUT2D eigenvalue weighted by atomic mass is 9.82. The average Bonchev–Trinajstić information content (AvgIpc) is 2.81. The summed E-state index contributed by atoms with van der Waals surface area (Å²) in [5.74, 6) is -1.21. The molecule has 0 heterocycles. The van der Waals surface area contributed by atoms with Crippen LogP contribution >= 0.6 is 0 Å². The molecule has 2 aliphatic carbocycles. The molecule has 0 bridgehead atoms. The number of nitrogens with one attached hydrogen (secondary N) is 2. The number of hydrogen-bond donors (Lipinski definition) is 4. The highest BCUT2D eigenvalue weighted by atomic mass is 32.2. The van der Waals surface area contributed by atoms with E-state index in [-0.39, 0.29) is 39.8 Å². The number of allylic oxidation sites excluding steroid dienone is 2. The van der Waals surface area contributed by atoms with E-state index in [1.165, 1.54) is 12.1 Å². The van der Waals surface area contributed by atoms with E-state index >= 15 is 0 Å². The van der Waals surface area contributed by atoms with Crippen LogP contribution in [0.4, 0.5) is 11.4 Å². The SMILES string of the molecule is CCC(=O)NCC1C=C(Nc2cc(S(=O)(=O)O)c(N)c3c2C(=O)c2ccccc2C3=O)C=CC1. The van der Waals surface area contributed by atoms with Gasteiger partial charge in [0.05, 0.1) is 22.5 Å². The molecule has 2 aliphatic rings. The fourth-order valence-electron chi connectivity index (χ4n) is 4.10. The van der Waals surface area contributed by atoms with Gasteiger partial charge in [0.15, 0.2) is 11.6 Å². The van der Waals surface area contributed by atoms with E-state index in [9.17, 15) is 27.4 Å². The van der Waals surface area contributed by atoms with Crippen LogP contribution < -0.4 is 16.4 Å². The predicted octanol–water partition coefficient (Wildman–Crippen LogP) is 2.69. The Balaban J connectivity index is 1.81. The zero-order valence-electron chi connectivity index (χ0n) is 18.3. The number of carbonyl (C=O) groups is 3. The van der Waals surface area contributed by atoms with Gasteiger partial charge in [-0.15, -0.1) is 0 Å². The lowest BCUT2D eigenvalue weighted by Crippen LogP contribution is -2.28. The van der Waals surface area contributed by atoms with Crippen LogP contribution in [0.3, 0.4) is 0 Å². The molecule has 0 aliphatic heterocycles. The number of fused-ring (bicyclic) bond motifs is 2. The van der Waals surface area contributed by atoms with Gasteiger partial charge in [0, 0.05) is 29.8 Å². The quantitative estimate of drug-likeness (QED) is 0.309. The third-order valence-corrected chi connectivity index (χ3v) is 6.68. The van der Waals surface area contributed by atoms with Gasteiger partial charge in [-0.05, 0) is 24.5 Å². The summed E-state index contributed by atoms with van der Waals surface area (Å²) >= 11 is 0. The molecular formula is C24H23N3O6S. The normalized spacial score (nSPS) is 17.0. The second-order valence-electron chi connectivity index (χ2n) is 8.07. The molecule has 4 rings (SSSR count). The van der Waals surface area contributed by atoms with Gasteiger partial charge in [0.25, 0.3) is 10.1 Å². The molecule has 0 saturated heterocycles. The predicted molar refractivity (Wildman–Crippen MR) is 126 cm³/mol. The molecule has 2 aromatic carbocycles. The summed E-state index contributed by atoms with van der Waals surface area (Å²) in [5, 5.41) is 5.84. The lowest BCUT2D eigenvalue weighted by Gasteiger charge is -2.25. The van der Waals surface area contributed by atoms with E-state index in [0.29, 0.717) is 25.1 Å². The number of anilines is 2. The van der Waals surface area contributed by atoms with E-state index in [2.05, 4.69) is 10.6 Å². The molecule has 1 amide bonds. The third kappa shape index (κ3) is 4.25. The van der Waals surface area contributed by atoms with Crippen LogP contribution in [-0.4, -0.2) is 37.0 Å². The number of nitrogens with two attached hydrogens (primary N) is 1. The molecular weight excluding hydrogens is 458 g/mol. The number of ketones is 2. The minimum Gasteiger partial charge on any atom is -0.397 e. The fraction of sp³-hybridized carbons (Fsp3) is 0.208. The van der Waals surface area contributed by atoms with E-state index in [1.807, 2.05) is 12.2 Å². The largest absolute Gasteiger partial charge is 0.397 e. The summed E-state index contributed by atoms with van der Waals surface area (Å²) in [7, 11) is -4.79. The van der Waals surface area contributed by atoms with E-state index < -0.39 is 32.3 Å². The fourth-order valence-corrected chi connectivity index (χ4v) is 4.75. The van der Waals surface area contributed by atoms with Crippen molar-refractivity contribution in [2.75, 3.05) is 17.6 Å². The topological polar surface area (TPSA) is 156 Å². The number of carbonyl (C=O) groups excluding carboxylic acids is 3. The molecule has 2 aromatic rings. The Morgan fingerprint density at radius 3 is 2.41 bits per heavy atom. The molecule has 1 unspecified atom stereocenters. The van der Waals surface area contributed by atoms with Crippen molar-refractivity contribution in [3.05, 3.63) is 76.5 Å². The molecule has 1 atom stereocenters. The van der Waals surface area contributed by atoms with Crippen LogP contribution in [0.25, 0.3) is 0 Å². The highest BCUT2D eigenvalue weighted by molar-refractivity contribution is 7.86. The summed E-state index contributed by atoms with van der Waals surface area (Å²) in [4.78, 5) is 37.5. The first-order valence-corrected chi connectivity index (χ1v) is 12.1. The Kier molecular flexibility index (Phi) is 6.11. The summed E-state index contributed by atoms with van der Waals surface area (Å²) in [6.45, 7) is 2.16. The Bertz CT molecular complexity index is 1390. The van der Waals surface area contributed by atoms with Crippen LogP contribution in [0.1, 0.15) is 51.6 Å². The van der Waals surface area contributed by atoms with Crippen molar-refractivity contribution in [2.45, 2.75) is 24.7 Å². The van der Waals surface area contributed by atoms with Crippen molar-refractivity contribution in [3.63, 3.8) is 0 Å². The zero-order valence-corrected chi connectivity index (χ0v) is 19.1. The van der Waals surface area contributed by atoms with Gasteiger partial charge in [-0.2, -0.15) is 8.42 Å². The number of benzene rings is 2. The Hall–Kier alpha value is -3.76. The first kappa shape index (κ1) is 23.4. The van der Waals surface area contributed by atoms with Crippen LogP contribution in [0.5, 0.6) is 0 Å². The van der Waals surface area contributed by atoms with Gasteiger partial charge >= 0.3 is 0 Å². The first-order chi connectivity index (χ1) is 16.1. The number of rotatable bonds is 6. The number of amides is 1. The van der Waals surface area contributed by atoms with Crippen molar-refractivity contribution < 1.29 is 27.4 Å². The van der Waals surface area contributed by atoms with Gasteiger partial charge in [0.2, 0.25) is 5.91 Å². The molecule has 0 fully saturated rings. The van der Waals surface area contributed by atoms with Crippen molar-refractivity contribution >= 4 is 39.0 Å². The second-order valence-corrected chi connectivity index (χ2v) is 9.46. The van der Waals surface area contributed by atoms with Crippen molar-refractivity contribution in [3.8, 4) is 0 Å². The van der Waals surface area contributed by atoms with Gasteiger partial charge < -0.3 is 16.4 Å². The van der Waals surface area contributed by atoms with Crippen molar-refractivity contribution in [2.24, 2.45) is 5.92 Å². The minimum absolute atomic E-state index is 0.0267. The maximum absolute atomic E-state index is 13.4. The molecule has 10 heteroatoms. The average molecular weight is 482 g/mol. The second kappa shape index (κ2) is 8.88. The first-order valence-electron chi connectivity index (χ1n) is 10.7. The van der Waals surface area contributed by atoms with Crippen molar-refractivity contribution in [1.29, 1.82) is 0 Å². The van der Waals surface area contributed by atoms with E-state index in [1.54, 1.807) is 25.1 Å². The molecule has 34 heavy (non-hydrogen) atoms. The van der Waals surface area contributed by atoms with Crippen LogP contribution in [0.2, 0.25) is 0 Å². The van der Waals surface area contributed by atoms with Gasteiger partial charge in [-0.25, -0.2) is 0 Å². The minimum atomic E-state index is -4.79. The number of nitrogen functional groups attached to an aromatic ring is 1. The highest BCUT2D eigenvalue weighted by Crippen LogP contribution is 2.39. The Morgan fingerprint density at radius 2 is 1.79 bits per heavy atom. The molecule has 176 valence electrons. The molecule has 0 spiro atoms. The van der Waals surface area contributed by atoms with Crippen molar-refractivity contribution in [1.82, 2.24) is 5.32 Å². The van der Waals surface area contributed by atoms with Crippen LogP contribution in [0, 0.1) is 5.92 Å². The van der Waals surface area contributed by atoms with Crippen LogP contribution in [-0.2, 0) is 14.9 Å².